The van der Waals surface area contributed by atoms with Crippen molar-refractivity contribution < 1.29 is 29.3 Å². The van der Waals surface area contributed by atoms with E-state index >= 15 is 0 Å². The molecule has 41 heavy (non-hydrogen) atoms. The Bertz CT molecular complexity index is 1530. The fraction of sp³-hybridized carbons (Fsp3) is 0.345. The molecule has 1 aromatic carbocycles. The second kappa shape index (κ2) is 11.9. The molecular weight excluding hydrogens is 528 g/mol. The van der Waals surface area contributed by atoms with Crippen LogP contribution in [0, 0.1) is 0 Å². The first kappa shape index (κ1) is 28.0. The van der Waals surface area contributed by atoms with Crippen molar-refractivity contribution in [3.63, 3.8) is 0 Å². The zero-order valence-corrected chi connectivity index (χ0v) is 22.8. The number of imidazole rings is 1. The topological polar surface area (TPSA) is 151 Å². The van der Waals surface area contributed by atoms with Gasteiger partial charge in [0.1, 0.15) is 5.56 Å². The summed E-state index contributed by atoms with van der Waals surface area (Å²) in [6, 6.07) is 11.5. The SMILES string of the molecule is CCOC(=O)c1cccn2cc([C@H]3CCCN3C(=O)[C@H](O)[C@@H](O)C(=O)N[C@H](C)c3ccc(-n4cccn4)cc3)nc12. The quantitative estimate of drug-likeness (QED) is 0.263. The van der Waals surface area contributed by atoms with Crippen LogP contribution in [0.25, 0.3) is 11.3 Å². The number of esters is 1. The number of carbonyl (C=O) groups excluding carboxylic acids is 3. The molecule has 0 saturated carbocycles. The van der Waals surface area contributed by atoms with Gasteiger partial charge >= 0.3 is 5.97 Å². The monoisotopic (exact) mass is 560 g/mol. The van der Waals surface area contributed by atoms with Gasteiger partial charge in [-0.1, -0.05) is 12.1 Å². The smallest absolute Gasteiger partial charge is 0.341 e. The van der Waals surface area contributed by atoms with Gasteiger partial charge in [-0.25, -0.2) is 14.5 Å². The molecule has 2 amide bonds. The second-order valence-electron chi connectivity index (χ2n) is 9.89. The number of ether oxygens (including phenoxy) is 1. The van der Waals surface area contributed by atoms with E-state index < -0.39 is 42.1 Å². The summed E-state index contributed by atoms with van der Waals surface area (Å²) in [6.07, 6.45) is 4.25. The molecule has 0 unspecified atom stereocenters. The van der Waals surface area contributed by atoms with Crippen LogP contribution in [0.15, 0.2) is 67.3 Å². The van der Waals surface area contributed by atoms with Crippen LogP contribution in [-0.4, -0.2) is 77.4 Å². The number of nitrogens with zero attached hydrogens (tertiary/aromatic N) is 5. The highest BCUT2D eigenvalue weighted by molar-refractivity contribution is 5.96. The Hall–Kier alpha value is -4.55. The molecule has 1 fully saturated rings. The Labute approximate surface area is 236 Å². The third-order valence-corrected chi connectivity index (χ3v) is 7.22. The Kier molecular flexibility index (Phi) is 8.13. The fourth-order valence-corrected chi connectivity index (χ4v) is 5.07. The lowest BCUT2D eigenvalue weighted by molar-refractivity contribution is -0.154. The van der Waals surface area contributed by atoms with E-state index in [1.165, 1.54) is 4.90 Å². The van der Waals surface area contributed by atoms with E-state index in [1.54, 1.807) is 53.7 Å². The average Bonchev–Trinajstić information content (AvgIpc) is 3.76. The largest absolute Gasteiger partial charge is 0.462 e. The number of fused-ring (bicyclic) bond motifs is 1. The summed E-state index contributed by atoms with van der Waals surface area (Å²) in [6.45, 7) is 4.01. The minimum Gasteiger partial charge on any atom is -0.462 e. The lowest BCUT2D eigenvalue weighted by Crippen LogP contribution is -2.51. The lowest BCUT2D eigenvalue weighted by atomic mass is 10.1. The molecule has 4 heterocycles. The molecule has 12 heteroatoms. The Balaban J connectivity index is 1.25. The highest BCUT2D eigenvalue weighted by Crippen LogP contribution is 2.33. The first-order valence-corrected chi connectivity index (χ1v) is 13.5. The van der Waals surface area contributed by atoms with Crippen molar-refractivity contribution in [3.8, 4) is 5.69 Å². The molecule has 0 spiro atoms. The number of likely N-dealkylation sites (tertiary alicyclic amines) is 1. The van der Waals surface area contributed by atoms with Crippen molar-refractivity contribution in [1.29, 1.82) is 0 Å². The normalized spacial score (nSPS) is 17.3. The second-order valence-corrected chi connectivity index (χ2v) is 9.89. The number of aromatic nitrogens is 4. The molecule has 1 aliphatic heterocycles. The van der Waals surface area contributed by atoms with Crippen LogP contribution < -0.4 is 5.32 Å². The molecule has 3 aromatic heterocycles. The third-order valence-electron chi connectivity index (χ3n) is 7.22. The Morgan fingerprint density at radius 3 is 2.59 bits per heavy atom. The minimum atomic E-state index is -1.97. The molecular formula is C29H32N6O6. The van der Waals surface area contributed by atoms with E-state index in [1.807, 2.05) is 36.5 Å². The van der Waals surface area contributed by atoms with Crippen LogP contribution in [0.2, 0.25) is 0 Å². The summed E-state index contributed by atoms with van der Waals surface area (Å²) in [5.41, 5.74) is 2.85. The molecule has 0 radical (unpaired) electrons. The summed E-state index contributed by atoms with van der Waals surface area (Å²) in [5.74, 6) is -2.13. The summed E-state index contributed by atoms with van der Waals surface area (Å²) < 4.78 is 8.52. The molecule has 5 rings (SSSR count). The number of amides is 2. The van der Waals surface area contributed by atoms with E-state index in [2.05, 4.69) is 15.4 Å². The number of carbonyl (C=O) groups is 3. The molecule has 4 aromatic rings. The van der Waals surface area contributed by atoms with E-state index in [4.69, 9.17) is 4.74 Å². The molecule has 4 atom stereocenters. The van der Waals surface area contributed by atoms with Gasteiger partial charge in [0.15, 0.2) is 17.9 Å². The van der Waals surface area contributed by atoms with Crippen LogP contribution in [0.4, 0.5) is 0 Å². The molecule has 1 aliphatic rings. The van der Waals surface area contributed by atoms with Gasteiger partial charge in [-0.2, -0.15) is 5.10 Å². The summed E-state index contributed by atoms with van der Waals surface area (Å²) in [4.78, 5) is 44.5. The maximum absolute atomic E-state index is 13.3. The van der Waals surface area contributed by atoms with Crippen molar-refractivity contribution >= 4 is 23.4 Å². The minimum absolute atomic E-state index is 0.225. The van der Waals surface area contributed by atoms with Crippen molar-refractivity contribution in [2.75, 3.05) is 13.2 Å². The molecule has 1 saturated heterocycles. The van der Waals surface area contributed by atoms with Crippen molar-refractivity contribution in [2.24, 2.45) is 0 Å². The standard InChI is InChI=1S/C29H32N6O6/c1-3-41-29(40)21-7-4-14-33-17-22(32-26(21)33)23-8-5-15-34(23)28(39)25(37)24(36)27(38)31-18(2)19-9-11-20(12-10-19)35-16-6-13-30-35/h4,6-7,9-14,16-18,23-25,36-37H,3,5,8,15H2,1-2H3,(H,31,38)/t18-,23-,24-,25-/m1/s1. The van der Waals surface area contributed by atoms with Crippen LogP contribution in [0.5, 0.6) is 0 Å². The number of rotatable bonds is 9. The molecule has 12 nitrogen and oxygen atoms in total. The molecule has 214 valence electrons. The van der Waals surface area contributed by atoms with E-state index in [-0.39, 0.29) is 6.61 Å². The van der Waals surface area contributed by atoms with Crippen LogP contribution in [-0.2, 0) is 14.3 Å². The maximum atomic E-state index is 13.3. The number of nitrogens with one attached hydrogen (secondary N) is 1. The van der Waals surface area contributed by atoms with Crippen molar-refractivity contribution in [2.45, 2.75) is 51.0 Å². The van der Waals surface area contributed by atoms with Crippen LogP contribution in [0.3, 0.4) is 0 Å². The lowest BCUT2D eigenvalue weighted by Gasteiger charge is -2.28. The van der Waals surface area contributed by atoms with E-state index in [0.717, 1.165) is 11.3 Å². The van der Waals surface area contributed by atoms with E-state index in [0.29, 0.717) is 36.3 Å². The molecule has 0 bridgehead atoms. The Morgan fingerprint density at radius 2 is 1.88 bits per heavy atom. The highest BCUT2D eigenvalue weighted by atomic mass is 16.5. The van der Waals surface area contributed by atoms with E-state index in [9.17, 15) is 24.6 Å². The first-order valence-electron chi connectivity index (χ1n) is 13.5. The summed E-state index contributed by atoms with van der Waals surface area (Å²) in [7, 11) is 0. The highest BCUT2D eigenvalue weighted by Gasteiger charge is 2.39. The number of pyridine rings is 1. The zero-order valence-electron chi connectivity index (χ0n) is 22.8. The summed E-state index contributed by atoms with van der Waals surface area (Å²) >= 11 is 0. The van der Waals surface area contributed by atoms with Crippen LogP contribution >= 0.6 is 0 Å². The molecule has 3 N–H and O–H groups in total. The van der Waals surface area contributed by atoms with Gasteiger partial charge in [-0.3, -0.25) is 9.59 Å². The van der Waals surface area contributed by atoms with Gasteiger partial charge in [0.2, 0.25) is 0 Å². The average molecular weight is 561 g/mol. The van der Waals surface area contributed by atoms with Gasteiger partial charge in [0.25, 0.3) is 11.8 Å². The van der Waals surface area contributed by atoms with Gasteiger partial charge in [-0.05, 0) is 62.6 Å². The first-order chi connectivity index (χ1) is 19.8. The van der Waals surface area contributed by atoms with Crippen LogP contribution in [0.1, 0.15) is 60.4 Å². The van der Waals surface area contributed by atoms with Crippen molar-refractivity contribution in [3.05, 3.63) is 84.1 Å². The Morgan fingerprint density at radius 1 is 1.10 bits per heavy atom. The van der Waals surface area contributed by atoms with Gasteiger partial charge in [-0.15, -0.1) is 0 Å². The maximum Gasteiger partial charge on any atom is 0.341 e. The van der Waals surface area contributed by atoms with Gasteiger partial charge < -0.3 is 29.6 Å². The third kappa shape index (κ3) is 5.70. The van der Waals surface area contributed by atoms with Crippen molar-refractivity contribution in [1.82, 2.24) is 29.4 Å². The summed E-state index contributed by atoms with van der Waals surface area (Å²) in [5, 5.41) is 28.2. The number of hydrogen-bond donors (Lipinski definition) is 3. The predicted molar refractivity (Wildman–Crippen MR) is 147 cm³/mol. The fourth-order valence-electron chi connectivity index (χ4n) is 5.07. The predicted octanol–water partition coefficient (Wildman–Crippen LogP) is 1.96. The number of hydrogen-bond acceptors (Lipinski definition) is 8. The van der Waals surface area contributed by atoms with Gasteiger partial charge in [0.05, 0.1) is 30.1 Å². The van der Waals surface area contributed by atoms with Gasteiger partial charge in [0, 0.05) is 31.3 Å². The number of benzene rings is 1. The molecule has 0 aliphatic carbocycles. The number of aliphatic hydroxyl groups is 2. The number of aliphatic hydroxyl groups excluding tert-OH is 2. The zero-order chi connectivity index (χ0) is 29.1.